The summed E-state index contributed by atoms with van der Waals surface area (Å²) in [5.74, 6) is -3.55. The van der Waals surface area contributed by atoms with Gasteiger partial charge in [-0.2, -0.15) is 5.10 Å². The Morgan fingerprint density at radius 3 is 2.20 bits per heavy atom. The molecule has 9 heteroatoms. The Balaban J connectivity index is 1.24. The molecule has 1 N–H and O–H groups in total. The molecule has 1 aliphatic heterocycles. The lowest BCUT2D eigenvalue weighted by atomic mass is 9.47. The number of nitro benzene ring substituents is 1. The van der Waals surface area contributed by atoms with Crippen LogP contribution in [-0.4, -0.2) is 28.9 Å². The number of carbonyl (C=O) groups excluding carboxylic acids is 3. The summed E-state index contributed by atoms with van der Waals surface area (Å²) in [6.07, 6.45) is 1.68. The number of imide groups is 1. The van der Waals surface area contributed by atoms with Crippen LogP contribution < -0.4 is 10.3 Å². The van der Waals surface area contributed by atoms with Crippen molar-refractivity contribution in [2.75, 3.05) is 4.90 Å². The van der Waals surface area contributed by atoms with E-state index in [-0.39, 0.29) is 23.7 Å². The number of nitro groups is 1. The number of nitrogens with zero attached hydrogens (tertiary/aromatic N) is 3. The first-order valence-corrected chi connectivity index (χ1v) is 15.0. The first-order chi connectivity index (χ1) is 22.4. The lowest BCUT2D eigenvalue weighted by Gasteiger charge is -2.52. The smallest absolute Gasteiger partial charge is 0.274 e. The van der Waals surface area contributed by atoms with Crippen molar-refractivity contribution in [2.24, 2.45) is 16.9 Å². The summed E-state index contributed by atoms with van der Waals surface area (Å²) in [5.41, 5.74) is 5.36. The van der Waals surface area contributed by atoms with E-state index in [2.05, 4.69) is 10.5 Å². The number of fused-ring (bicyclic) bond motifs is 1. The van der Waals surface area contributed by atoms with Crippen LogP contribution in [0.5, 0.6) is 0 Å². The molecule has 2 bridgehead atoms. The summed E-state index contributed by atoms with van der Waals surface area (Å²) in [6, 6.07) is 34.8. The zero-order chi connectivity index (χ0) is 31.6. The van der Waals surface area contributed by atoms with Crippen LogP contribution in [0.25, 0.3) is 10.8 Å². The van der Waals surface area contributed by atoms with Crippen LogP contribution in [0.3, 0.4) is 0 Å². The minimum absolute atomic E-state index is 0.0557. The molecule has 2 atom stereocenters. The van der Waals surface area contributed by atoms with Crippen molar-refractivity contribution < 1.29 is 19.3 Å². The highest BCUT2D eigenvalue weighted by molar-refractivity contribution is 6.25. The molecule has 0 unspecified atom stereocenters. The Morgan fingerprint density at radius 1 is 0.826 bits per heavy atom. The van der Waals surface area contributed by atoms with Crippen molar-refractivity contribution in [3.63, 3.8) is 0 Å². The van der Waals surface area contributed by atoms with Gasteiger partial charge in [0, 0.05) is 18.2 Å². The van der Waals surface area contributed by atoms with Gasteiger partial charge in [-0.1, -0.05) is 103 Å². The van der Waals surface area contributed by atoms with E-state index in [1.807, 2.05) is 91.0 Å². The van der Waals surface area contributed by atoms with Crippen molar-refractivity contribution in [3.8, 4) is 0 Å². The molecule has 3 amide bonds. The van der Waals surface area contributed by atoms with Gasteiger partial charge in [-0.05, 0) is 44.7 Å². The van der Waals surface area contributed by atoms with Crippen molar-refractivity contribution in [3.05, 3.63) is 153 Å². The second kappa shape index (κ2) is 10.3. The third kappa shape index (κ3) is 3.81. The average Bonchev–Trinajstić information content (AvgIpc) is 3.35. The van der Waals surface area contributed by atoms with Gasteiger partial charge in [0.15, 0.2) is 0 Å². The van der Waals surface area contributed by atoms with Crippen molar-refractivity contribution in [1.82, 2.24) is 5.43 Å². The molecule has 1 saturated heterocycles. The maximum absolute atomic E-state index is 14.5. The minimum atomic E-state index is -1.22. The number of benzene rings is 5. The molecule has 4 aliphatic rings. The van der Waals surface area contributed by atoms with E-state index >= 15 is 0 Å². The van der Waals surface area contributed by atoms with E-state index in [4.69, 9.17) is 0 Å². The number of anilines is 1. The van der Waals surface area contributed by atoms with E-state index in [9.17, 15) is 24.5 Å². The molecule has 0 spiro atoms. The lowest BCUT2D eigenvalue weighted by Crippen LogP contribution is -2.54. The van der Waals surface area contributed by atoms with Gasteiger partial charge in [-0.25, -0.2) is 10.3 Å². The maximum atomic E-state index is 14.5. The monoisotopic (exact) mass is 606 g/mol. The lowest BCUT2D eigenvalue weighted by molar-refractivity contribution is -0.384. The fourth-order valence-corrected chi connectivity index (χ4v) is 7.96. The van der Waals surface area contributed by atoms with Gasteiger partial charge >= 0.3 is 0 Å². The molecule has 0 radical (unpaired) electrons. The SMILES string of the molecule is O=C(Cc1cccc2ccccc12)N/N=C\C12c3ccccc3C(c3ccccc31)[C@H]1C(=O)N(c3ccccc3[N+](=O)[O-])C(=O)[C@H]12. The summed E-state index contributed by atoms with van der Waals surface area (Å²) >= 11 is 0. The molecule has 0 aromatic heterocycles. The number of rotatable bonds is 6. The van der Waals surface area contributed by atoms with Crippen LogP contribution in [0.4, 0.5) is 11.4 Å². The fraction of sp³-hybridized carbons (Fsp3) is 0.135. The van der Waals surface area contributed by atoms with Crippen LogP contribution in [0.1, 0.15) is 33.7 Å². The van der Waals surface area contributed by atoms with Crippen LogP contribution in [-0.2, 0) is 26.2 Å². The second-order valence-electron chi connectivity index (χ2n) is 11.9. The minimum Gasteiger partial charge on any atom is -0.274 e. The third-order valence-corrected chi connectivity index (χ3v) is 9.69. The molecule has 3 aliphatic carbocycles. The number of nitrogens with one attached hydrogen (secondary N) is 1. The number of hydrazone groups is 1. The summed E-state index contributed by atoms with van der Waals surface area (Å²) in [7, 11) is 0. The maximum Gasteiger partial charge on any atom is 0.293 e. The van der Waals surface area contributed by atoms with Crippen molar-refractivity contribution >= 4 is 46.1 Å². The molecule has 9 nitrogen and oxygen atoms in total. The van der Waals surface area contributed by atoms with E-state index in [1.165, 1.54) is 18.2 Å². The Labute approximate surface area is 263 Å². The number of carbonyl (C=O) groups is 3. The molecule has 9 rings (SSSR count). The van der Waals surface area contributed by atoms with Crippen LogP contribution in [0.15, 0.2) is 120 Å². The van der Waals surface area contributed by atoms with E-state index < -0.39 is 39.9 Å². The Bertz CT molecular complexity index is 2100. The number of para-hydroxylation sites is 2. The number of hydrogen-bond donors (Lipinski definition) is 1. The molecular weight excluding hydrogens is 580 g/mol. The zero-order valence-electron chi connectivity index (χ0n) is 24.4. The fourth-order valence-electron chi connectivity index (χ4n) is 7.96. The van der Waals surface area contributed by atoms with Gasteiger partial charge in [0.05, 0.1) is 28.6 Å². The van der Waals surface area contributed by atoms with Crippen LogP contribution in [0.2, 0.25) is 0 Å². The Morgan fingerprint density at radius 2 is 1.46 bits per heavy atom. The number of hydrogen-bond acceptors (Lipinski definition) is 6. The largest absolute Gasteiger partial charge is 0.293 e. The molecule has 46 heavy (non-hydrogen) atoms. The molecule has 5 aromatic rings. The standard InChI is InChI=1S/C37H26N4O5/c42-31(20-23-12-9-11-22-10-1-2-13-24(22)23)39-38-21-37-27-16-5-3-14-25(27)32(26-15-4-6-17-28(26)37)33-34(37)36(44)40(35(33)43)29-18-7-8-19-30(29)41(45)46/h1-19,21,32-34H,20H2,(H,39,42)/b38-21-/t32?,33-,34+,37?/m1/s1. The van der Waals surface area contributed by atoms with Gasteiger partial charge in [-0.15, -0.1) is 0 Å². The summed E-state index contributed by atoms with van der Waals surface area (Å²) in [5, 5.41) is 18.5. The van der Waals surface area contributed by atoms with Gasteiger partial charge in [-0.3, -0.25) is 24.5 Å². The van der Waals surface area contributed by atoms with E-state index in [1.54, 1.807) is 12.3 Å². The molecule has 1 heterocycles. The molecular formula is C37H26N4O5. The Kier molecular flexibility index (Phi) is 6.18. The van der Waals surface area contributed by atoms with E-state index in [0.29, 0.717) is 0 Å². The van der Waals surface area contributed by atoms with Gasteiger partial charge < -0.3 is 0 Å². The van der Waals surface area contributed by atoms with Gasteiger partial charge in [0.2, 0.25) is 17.7 Å². The Hall–Kier alpha value is -5.96. The average molecular weight is 607 g/mol. The third-order valence-electron chi connectivity index (χ3n) is 9.69. The second-order valence-corrected chi connectivity index (χ2v) is 11.9. The molecule has 0 saturated carbocycles. The number of amides is 3. The highest BCUT2D eigenvalue weighted by Gasteiger charge is 2.68. The summed E-state index contributed by atoms with van der Waals surface area (Å²) < 4.78 is 0. The van der Waals surface area contributed by atoms with Crippen molar-refractivity contribution in [2.45, 2.75) is 17.8 Å². The topological polar surface area (TPSA) is 122 Å². The van der Waals surface area contributed by atoms with Gasteiger partial charge in [0.25, 0.3) is 5.69 Å². The highest BCUT2D eigenvalue weighted by Crippen LogP contribution is 2.63. The predicted molar refractivity (Wildman–Crippen MR) is 172 cm³/mol. The van der Waals surface area contributed by atoms with Gasteiger partial charge in [0.1, 0.15) is 5.69 Å². The molecule has 224 valence electrons. The molecule has 1 fully saturated rings. The first-order valence-electron chi connectivity index (χ1n) is 15.0. The predicted octanol–water partition coefficient (Wildman–Crippen LogP) is 5.64. The molecule has 5 aromatic carbocycles. The normalized spacial score (nSPS) is 22.5. The summed E-state index contributed by atoms with van der Waals surface area (Å²) in [6.45, 7) is 0. The quantitative estimate of drug-likeness (QED) is 0.116. The highest BCUT2D eigenvalue weighted by atomic mass is 16.6. The summed E-state index contributed by atoms with van der Waals surface area (Å²) in [4.78, 5) is 54.5. The van der Waals surface area contributed by atoms with Crippen molar-refractivity contribution in [1.29, 1.82) is 0 Å². The first kappa shape index (κ1) is 27.6. The van der Waals surface area contributed by atoms with Crippen LogP contribution >= 0.6 is 0 Å². The van der Waals surface area contributed by atoms with E-state index in [0.717, 1.165) is 43.5 Å². The van der Waals surface area contributed by atoms with Crippen LogP contribution in [0, 0.1) is 22.0 Å². The zero-order valence-corrected chi connectivity index (χ0v) is 24.4.